The summed E-state index contributed by atoms with van der Waals surface area (Å²) < 4.78 is 5.54. The lowest BCUT2D eigenvalue weighted by molar-refractivity contribution is 0.465. The molecule has 0 aliphatic carbocycles. The van der Waals surface area contributed by atoms with Crippen molar-refractivity contribution in [2.24, 2.45) is 0 Å². The minimum atomic E-state index is 0.436. The topological polar surface area (TPSA) is 67.6 Å². The lowest BCUT2D eigenvalue weighted by atomic mass is 10.1. The average Bonchev–Trinajstić information content (AvgIpc) is 3.15. The van der Waals surface area contributed by atoms with E-state index in [2.05, 4.69) is 27.0 Å². The molecule has 0 unspecified atom stereocenters. The van der Waals surface area contributed by atoms with Gasteiger partial charge in [0.15, 0.2) is 0 Å². The molecule has 0 aliphatic rings. The Labute approximate surface area is 120 Å². The van der Waals surface area contributed by atoms with Crippen molar-refractivity contribution in [3.63, 3.8) is 0 Å². The Balaban J connectivity index is 1.83. The van der Waals surface area contributed by atoms with Crippen LogP contribution in [0.2, 0.25) is 0 Å². The highest BCUT2D eigenvalue weighted by molar-refractivity contribution is 7.99. The number of hydrogen-bond donors (Lipinski definition) is 1. The number of H-pyrrole nitrogens is 1. The molecule has 0 spiro atoms. The SMILES string of the molecule is C=CCSc1nnc(-c2cc(-c3ccccc3)n[nH]2)o1. The van der Waals surface area contributed by atoms with E-state index in [-0.39, 0.29) is 0 Å². The summed E-state index contributed by atoms with van der Waals surface area (Å²) in [5.74, 6) is 1.17. The van der Waals surface area contributed by atoms with Gasteiger partial charge >= 0.3 is 0 Å². The Bertz CT molecular complexity index is 705. The van der Waals surface area contributed by atoms with Crippen molar-refractivity contribution in [2.75, 3.05) is 5.75 Å². The van der Waals surface area contributed by atoms with Gasteiger partial charge in [0.25, 0.3) is 11.1 Å². The summed E-state index contributed by atoms with van der Waals surface area (Å²) in [6.07, 6.45) is 1.79. The Morgan fingerprint density at radius 3 is 2.90 bits per heavy atom. The van der Waals surface area contributed by atoms with E-state index >= 15 is 0 Å². The second kappa shape index (κ2) is 5.75. The molecule has 0 atom stereocenters. The zero-order valence-electron chi connectivity index (χ0n) is 10.6. The molecular formula is C14H12N4OS. The van der Waals surface area contributed by atoms with Crippen LogP contribution in [0.15, 0.2) is 58.7 Å². The van der Waals surface area contributed by atoms with Gasteiger partial charge in [-0.1, -0.05) is 48.2 Å². The van der Waals surface area contributed by atoms with E-state index in [1.54, 1.807) is 6.08 Å². The van der Waals surface area contributed by atoms with E-state index < -0.39 is 0 Å². The maximum atomic E-state index is 5.54. The van der Waals surface area contributed by atoms with Gasteiger partial charge in [-0.25, -0.2) is 0 Å². The van der Waals surface area contributed by atoms with Gasteiger partial charge in [-0.3, -0.25) is 5.10 Å². The molecule has 3 aromatic rings. The summed E-state index contributed by atoms with van der Waals surface area (Å²) in [6, 6.07) is 11.8. The normalized spacial score (nSPS) is 10.6. The van der Waals surface area contributed by atoms with Crippen molar-refractivity contribution in [3.05, 3.63) is 49.1 Å². The molecule has 0 radical (unpaired) electrons. The van der Waals surface area contributed by atoms with Crippen LogP contribution in [0.1, 0.15) is 0 Å². The van der Waals surface area contributed by atoms with Gasteiger partial charge in [-0.15, -0.1) is 16.8 Å². The number of rotatable bonds is 5. The molecule has 1 aromatic carbocycles. The fraction of sp³-hybridized carbons (Fsp3) is 0.0714. The molecule has 0 saturated carbocycles. The molecule has 6 heteroatoms. The third-order valence-electron chi connectivity index (χ3n) is 2.61. The summed E-state index contributed by atoms with van der Waals surface area (Å²) in [4.78, 5) is 0. The second-order valence-electron chi connectivity index (χ2n) is 4.01. The molecule has 0 bridgehead atoms. The lowest BCUT2D eigenvalue weighted by Crippen LogP contribution is -1.77. The van der Waals surface area contributed by atoms with Gasteiger partial charge in [0.1, 0.15) is 5.69 Å². The third kappa shape index (κ3) is 2.65. The van der Waals surface area contributed by atoms with E-state index in [9.17, 15) is 0 Å². The van der Waals surface area contributed by atoms with Crippen LogP contribution >= 0.6 is 11.8 Å². The van der Waals surface area contributed by atoms with Gasteiger partial charge in [-0.05, 0) is 6.07 Å². The van der Waals surface area contributed by atoms with Gasteiger partial charge < -0.3 is 4.42 Å². The van der Waals surface area contributed by atoms with Crippen LogP contribution in [0.5, 0.6) is 0 Å². The molecule has 0 saturated heterocycles. The van der Waals surface area contributed by atoms with Crippen LogP contribution < -0.4 is 0 Å². The number of thioether (sulfide) groups is 1. The Morgan fingerprint density at radius 1 is 1.25 bits per heavy atom. The highest BCUT2D eigenvalue weighted by Crippen LogP contribution is 2.25. The fourth-order valence-electron chi connectivity index (χ4n) is 1.70. The van der Waals surface area contributed by atoms with E-state index in [0.717, 1.165) is 17.0 Å². The highest BCUT2D eigenvalue weighted by atomic mass is 32.2. The van der Waals surface area contributed by atoms with Gasteiger partial charge in [0.05, 0.1) is 5.69 Å². The Hall–Kier alpha value is -2.34. The van der Waals surface area contributed by atoms with Crippen LogP contribution in [-0.2, 0) is 0 Å². The first kappa shape index (κ1) is 12.7. The first-order chi connectivity index (χ1) is 9.86. The monoisotopic (exact) mass is 284 g/mol. The molecule has 1 N–H and O–H groups in total. The van der Waals surface area contributed by atoms with Crippen molar-refractivity contribution >= 4 is 11.8 Å². The second-order valence-corrected chi connectivity index (χ2v) is 4.98. The van der Waals surface area contributed by atoms with Crippen molar-refractivity contribution in [2.45, 2.75) is 5.22 Å². The first-order valence-electron chi connectivity index (χ1n) is 6.05. The Kier molecular flexibility index (Phi) is 3.64. The molecule has 0 amide bonds. The van der Waals surface area contributed by atoms with Gasteiger partial charge in [-0.2, -0.15) is 5.10 Å². The molecule has 20 heavy (non-hydrogen) atoms. The van der Waals surface area contributed by atoms with Crippen LogP contribution in [0.3, 0.4) is 0 Å². The number of aromatic nitrogens is 4. The fourth-order valence-corrected chi connectivity index (χ4v) is 2.19. The van der Waals surface area contributed by atoms with Crippen LogP contribution in [0.25, 0.3) is 22.8 Å². The zero-order chi connectivity index (χ0) is 13.8. The van der Waals surface area contributed by atoms with E-state index in [1.165, 1.54) is 11.8 Å². The predicted molar refractivity (Wildman–Crippen MR) is 78.2 cm³/mol. The van der Waals surface area contributed by atoms with Crippen molar-refractivity contribution in [1.29, 1.82) is 0 Å². The standard InChI is InChI=1S/C14H12N4OS/c1-2-8-20-14-18-17-13(19-14)12-9-11(15-16-12)10-6-4-3-5-7-10/h2-7,9H,1,8H2,(H,15,16). The van der Waals surface area contributed by atoms with Crippen molar-refractivity contribution in [1.82, 2.24) is 20.4 Å². The summed E-state index contributed by atoms with van der Waals surface area (Å²) >= 11 is 1.45. The number of nitrogens with zero attached hydrogens (tertiary/aromatic N) is 3. The molecule has 2 aromatic heterocycles. The largest absolute Gasteiger partial charge is 0.410 e. The molecule has 0 aliphatic heterocycles. The quantitative estimate of drug-likeness (QED) is 0.574. The van der Waals surface area contributed by atoms with Crippen LogP contribution in [0.4, 0.5) is 0 Å². The van der Waals surface area contributed by atoms with Crippen LogP contribution in [0, 0.1) is 0 Å². The lowest BCUT2D eigenvalue weighted by Gasteiger charge is -1.92. The molecule has 5 nitrogen and oxygen atoms in total. The molecule has 100 valence electrons. The molecular weight excluding hydrogens is 272 g/mol. The van der Waals surface area contributed by atoms with Crippen molar-refractivity contribution in [3.8, 4) is 22.8 Å². The van der Waals surface area contributed by atoms with Gasteiger partial charge in [0, 0.05) is 11.3 Å². The molecule has 3 rings (SSSR count). The first-order valence-corrected chi connectivity index (χ1v) is 7.04. The minimum Gasteiger partial charge on any atom is -0.410 e. The summed E-state index contributed by atoms with van der Waals surface area (Å²) in [5.41, 5.74) is 2.59. The third-order valence-corrected chi connectivity index (χ3v) is 3.42. The highest BCUT2D eigenvalue weighted by Gasteiger charge is 2.12. The maximum absolute atomic E-state index is 5.54. The smallest absolute Gasteiger partial charge is 0.277 e. The summed E-state index contributed by atoms with van der Waals surface area (Å²) in [6.45, 7) is 3.65. The summed E-state index contributed by atoms with van der Waals surface area (Å²) in [7, 11) is 0. The molecule has 0 fully saturated rings. The van der Waals surface area contributed by atoms with E-state index in [4.69, 9.17) is 4.42 Å². The predicted octanol–water partition coefficient (Wildman–Crippen LogP) is 3.40. The van der Waals surface area contributed by atoms with Crippen LogP contribution in [-0.4, -0.2) is 26.1 Å². The molecule has 2 heterocycles. The average molecular weight is 284 g/mol. The number of benzene rings is 1. The Morgan fingerprint density at radius 2 is 2.10 bits per heavy atom. The maximum Gasteiger partial charge on any atom is 0.277 e. The van der Waals surface area contributed by atoms with Gasteiger partial charge in [0.2, 0.25) is 0 Å². The zero-order valence-corrected chi connectivity index (χ0v) is 11.4. The number of hydrogen-bond acceptors (Lipinski definition) is 5. The number of aromatic amines is 1. The van der Waals surface area contributed by atoms with Crippen molar-refractivity contribution < 1.29 is 4.42 Å². The van der Waals surface area contributed by atoms with E-state index in [0.29, 0.717) is 16.8 Å². The minimum absolute atomic E-state index is 0.436. The number of nitrogens with one attached hydrogen (secondary N) is 1. The van der Waals surface area contributed by atoms with E-state index in [1.807, 2.05) is 36.4 Å². The summed E-state index contributed by atoms with van der Waals surface area (Å²) in [5, 5.41) is 15.7.